The molecular weight excluding hydrogens is 368 g/mol. The summed E-state index contributed by atoms with van der Waals surface area (Å²) in [6.07, 6.45) is 0. The van der Waals surface area contributed by atoms with Gasteiger partial charge in [0.05, 0.1) is 0 Å². The topological polar surface area (TPSA) is 85.4 Å². The lowest BCUT2D eigenvalue weighted by Gasteiger charge is -2.12. The van der Waals surface area contributed by atoms with Crippen LogP contribution in [-0.2, 0) is 6.54 Å². The number of nitrogens with one attached hydrogen (secondary N) is 2. The molecule has 1 aliphatic rings. The van der Waals surface area contributed by atoms with Gasteiger partial charge in [-0.15, -0.1) is 0 Å². The van der Waals surface area contributed by atoms with Crippen molar-refractivity contribution in [2.24, 2.45) is 0 Å². The van der Waals surface area contributed by atoms with Gasteiger partial charge >= 0.3 is 0 Å². The number of rotatable bonds is 5. The van der Waals surface area contributed by atoms with Crippen molar-refractivity contribution >= 4 is 17.5 Å². The van der Waals surface area contributed by atoms with E-state index in [9.17, 15) is 4.79 Å². The van der Waals surface area contributed by atoms with Crippen LogP contribution in [-0.4, -0.2) is 22.7 Å². The number of fused-ring (bicyclic) bond motifs is 1. The van der Waals surface area contributed by atoms with Gasteiger partial charge in [-0.3, -0.25) is 4.79 Å². The second-order valence-corrected chi connectivity index (χ2v) is 6.96. The van der Waals surface area contributed by atoms with Crippen LogP contribution in [0.25, 0.3) is 0 Å². The van der Waals surface area contributed by atoms with E-state index < -0.39 is 0 Å². The number of aryl methyl sites for hydroxylation is 2. The van der Waals surface area contributed by atoms with E-state index in [0.717, 1.165) is 16.8 Å². The molecule has 1 amide bonds. The molecule has 1 aromatic heterocycles. The van der Waals surface area contributed by atoms with E-state index in [1.807, 2.05) is 57.2 Å². The summed E-state index contributed by atoms with van der Waals surface area (Å²) >= 11 is 0. The molecule has 0 fully saturated rings. The first-order chi connectivity index (χ1) is 14.0. The lowest BCUT2D eigenvalue weighted by molar-refractivity contribution is 0.0945. The second kappa shape index (κ2) is 7.79. The minimum Gasteiger partial charge on any atom is -0.454 e. The molecule has 2 N–H and O–H groups in total. The van der Waals surface area contributed by atoms with Crippen molar-refractivity contribution in [2.75, 3.05) is 12.1 Å². The highest BCUT2D eigenvalue weighted by molar-refractivity contribution is 5.92. The highest BCUT2D eigenvalue weighted by Gasteiger charge is 2.15. The van der Waals surface area contributed by atoms with E-state index in [4.69, 9.17) is 9.47 Å². The standard InChI is InChI=1S/C22H22N4O3/c1-13-5-4-6-17(15(13)3)25-22-24-14(2)9-18(26-22)21(27)23-11-16-7-8-19-20(10-16)29-12-28-19/h4-10H,11-12H2,1-3H3,(H,23,27)(H,24,25,26). The minimum atomic E-state index is -0.266. The van der Waals surface area contributed by atoms with Crippen LogP contribution < -0.4 is 20.1 Å². The molecule has 0 unspecified atom stereocenters. The molecule has 29 heavy (non-hydrogen) atoms. The third-order valence-electron chi connectivity index (χ3n) is 4.83. The van der Waals surface area contributed by atoms with Gasteiger partial charge in [0.2, 0.25) is 12.7 Å². The number of ether oxygens (including phenoxy) is 2. The van der Waals surface area contributed by atoms with Crippen molar-refractivity contribution < 1.29 is 14.3 Å². The Labute approximate surface area is 169 Å². The molecule has 7 heteroatoms. The first-order valence-electron chi connectivity index (χ1n) is 9.35. The van der Waals surface area contributed by atoms with Crippen molar-refractivity contribution in [1.82, 2.24) is 15.3 Å². The lowest BCUT2D eigenvalue weighted by Crippen LogP contribution is -2.24. The Bertz CT molecular complexity index is 1080. The van der Waals surface area contributed by atoms with Gasteiger partial charge in [0, 0.05) is 17.9 Å². The van der Waals surface area contributed by atoms with Crippen LogP contribution in [0.1, 0.15) is 32.9 Å². The molecule has 0 spiro atoms. The Kier molecular flexibility index (Phi) is 5.03. The van der Waals surface area contributed by atoms with Gasteiger partial charge in [0.25, 0.3) is 5.91 Å². The largest absolute Gasteiger partial charge is 0.454 e. The van der Waals surface area contributed by atoms with Crippen LogP contribution in [0.4, 0.5) is 11.6 Å². The molecule has 3 aromatic rings. The van der Waals surface area contributed by atoms with Crippen molar-refractivity contribution in [3.63, 3.8) is 0 Å². The average molecular weight is 390 g/mol. The zero-order valence-corrected chi connectivity index (χ0v) is 16.6. The summed E-state index contributed by atoms with van der Waals surface area (Å²) in [6.45, 7) is 6.50. The molecule has 0 bridgehead atoms. The summed E-state index contributed by atoms with van der Waals surface area (Å²) in [5.41, 5.74) is 5.15. The van der Waals surface area contributed by atoms with E-state index in [0.29, 0.717) is 35.4 Å². The Hall–Kier alpha value is -3.61. The first-order valence-corrected chi connectivity index (χ1v) is 9.35. The molecule has 7 nitrogen and oxygen atoms in total. The van der Waals surface area contributed by atoms with Crippen LogP contribution in [0.5, 0.6) is 11.5 Å². The van der Waals surface area contributed by atoms with Crippen molar-refractivity contribution in [3.05, 3.63) is 70.5 Å². The Morgan fingerprint density at radius 2 is 1.86 bits per heavy atom. The van der Waals surface area contributed by atoms with Gasteiger partial charge in [-0.05, 0) is 61.7 Å². The fourth-order valence-corrected chi connectivity index (χ4v) is 3.07. The monoisotopic (exact) mass is 390 g/mol. The van der Waals surface area contributed by atoms with Crippen LogP contribution in [0.15, 0.2) is 42.5 Å². The van der Waals surface area contributed by atoms with E-state index in [1.165, 1.54) is 5.56 Å². The Morgan fingerprint density at radius 3 is 2.72 bits per heavy atom. The molecule has 148 valence electrons. The SMILES string of the molecule is Cc1cc(C(=O)NCc2ccc3c(c2)OCO3)nc(Nc2cccc(C)c2C)n1. The summed E-state index contributed by atoms with van der Waals surface area (Å²) < 4.78 is 10.7. The molecule has 0 atom stereocenters. The highest BCUT2D eigenvalue weighted by atomic mass is 16.7. The number of hydrogen-bond donors (Lipinski definition) is 2. The Morgan fingerprint density at radius 1 is 1.03 bits per heavy atom. The van der Waals surface area contributed by atoms with E-state index in [-0.39, 0.29) is 12.7 Å². The fraction of sp³-hybridized carbons (Fsp3) is 0.227. The third kappa shape index (κ3) is 4.13. The van der Waals surface area contributed by atoms with Crippen LogP contribution >= 0.6 is 0 Å². The fourth-order valence-electron chi connectivity index (χ4n) is 3.07. The molecule has 0 radical (unpaired) electrons. The Balaban J connectivity index is 1.48. The number of benzene rings is 2. The van der Waals surface area contributed by atoms with Crippen LogP contribution in [0.3, 0.4) is 0 Å². The lowest BCUT2D eigenvalue weighted by atomic mass is 10.1. The number of anilines is 2. The van der Waals surface area contributed by atoms with E-state index in [1.54, 1.807) is 6.07 Å². The average Bonchev–Trinajstić information content (AvgIpc) is 3.17. The molecular formula is C22H22N4O3. The summed E-state index contributed by atoms with van der Waals surface area (Å²) in [4.78, 5) is 21.4. The number of carbonyl (C=O) groups excluding carboxylic acids is 1. The molecule has 4 rings (SSSR count). The maximum absolute atomic E-state index is 12.6. The van der Waals surface area contributed by atoms with Gasteiger partial charge in [0.1, 0.15) is 5.69 Å². The van der Waals surface area contributed by atoms with Crippen molar-refractivity contribution in [3.8, 4) is 11.5 Å². The number of amides is 1. The van der Waals surface area contributed by atoms with Gasteiger partial charge < -0.3 is 20.1 Å². The smallest absolute Gasteiger partial charge is 0.270 e. The normalized spacial score (nSPS) is 12.0. The number of hydrogen-bond acceptors (Lipinski definition) is 6. The maximum Gasteiger partial charge on any atom is 0.270 e. The molecule has 0 saturated carbocycles. The highest BCUT2D eigenvalue weighted by Crippen LogP contribution is 2.32. The summed E-state index contributed by atoms with van der Waals surface area (Å²) in [7, 11) is 0. The van der Waals surface area contributed by atoms with E-state index >= 15 is 0 Å². The molecule has 0 saturated heterocycles. The minimum absolute atomic E-state index is 0.224. The summed E-state index contributed by atoms with van der Waals surface area (Å²) in [5.74, 6) is 1.53. The van der Waals surface area contributed by atoms with Gasteiger partial charge in [-0.1, -0.05) is 18.2 Å². The zero-order valence-electron chi connectivity index (χ0n) is 16.6. The summed E-state index contributed by atoms with van der Waals surface area (Å²) in [6, 6.07) is 13.3. The maximum atomic E-state index is 12.6. The predicted molar refractivity (Wildman–Crippen MR) is 110 cm³/mol. The van der Waals surface area contributed by atoms with Gasteiger partial charge in [-0.2, -0.15) is 0 Å². The van der Waals surface area contributed by atoms with Gasteiger partial charge in [-0.25, -0.2) is 9.97 Å². The molecule has 2 heterocycles. The zero-order chi connectivity index (χ0) is 20.4. The first kappa shape index (κ1) is 18.7. The van der Waals surface area contributed by atoms with Crippen LogP contribution in [0, 0.1) is 20.8 Å². The number of aromatic nitrogens is 2. The third-order valence-corrected chi connectivity index (χ3v) is 4.83. The second-order valence-electron chi connectivity index (χ2n) is 6.96. The summed E-state index contributed by atoms with van der Waals surface area (Å²) in [5, 5.41) is 6.11. The number of nitrogens with zero attached hydrogens (tertiary/aromatic N) is 2. The number of carbonyl (C=O) groups is 1. The van der Waals surface area contributed by atoms with Gasteiger partial charge in [0.15, 0.2) is 11.5 Å². The quantitative estimate of drug-likeness (QED) is 0.689. The van der Waals surface area contributed by atoms with Crippen LogP contribution in [0.2, 0.25) is 0 Å². The molecule has 2 aromatic carbocycles. The molecule has 0 aliphatic carbocycles. The van der Waals surface area contributed by atoms with Crippen molar-refractivity contribution in [2.45, 2.75) is 27.3 Å². The van der Waals surface area contributed by atoms with Crippen molar-refractivity contribution in [1.29, 1.82) is 0 Å². The predicted octanol–water partition coefficient (Wildman–Crippen LogP) is 3.80. The molecule has 1 aliphatic heterocycles. The van der Waals surface area contributed by atoms with E-state index in [2.05, 4.69) is 20.6 Å².